The Balaban J connectivity index is 1.39. The Morgan fingerprint density at radius 1 is 0.800 bits per heavy atom. The molecule has 11 nitrogen and oxygen atoms in total. The molecule has 0 aromatic heterocycles. The van der Waals surface area contributed by atoms with Gasteiger partial charge >= 0.3 is 11.9 Å². The van der Waals surface area contributed by atoms with Crippen molar-refractivity contribution in [3.8, 4) is 0 Å². The molecule has 5 saturated carbocycles. The molecule has 0 aliphatic heterocycles. The quantitative estimate of drug-likeness (QED) is 0.297. The lowest BCUT2D eigenvalue weighted by atomic mass is 9.35. The van der Waals surface area contributed by atoms with Crippen LogP contribution in [0.4, 0.5) is 11.4 Å². The highest BCUT2D eigenvalue weighted by atomic mass is 16.6. The lowest BCUT2D eigenvalue weighted by Gasteiger charge is -2.70. The van der Waals surface area contributed by atoms with Crippen molar-refractivity contribution >= 4 is 23.3 Å². The van der Waals surface area contributed by atoms with E-state index in [1.165, 1.54) is 48.5 Å². The molecule has 0 spiro atoms. The van der Waals surface area contributed by atoms with Crippen molar-refractivity contribution < 1.29 is 34.0 Å². The van der Waals surface area contributed by atoms with E-state index in [2.05, 4.69) is 6.92 Å². The number of carbonyl (C=O) groups is 2. The number of ether oxygens (including phenoxy) is 2. The topological polar surface area (TPSA) is 159 Å². The summed E-state index contributed by atoms with van der Waals surface area (Å²) in [6, 6.07) is 10.5. The van der Waals surface area contributed by atoms with Crippen LogP contribution in [0.3, 0.4) is 0 Å². The molecule has 5 aliphatic rings. The van der Waals surface area contributed by atoms with Crippen molar-refractivity contribution in [2.45, 2.75) is 58.8 Å². The third kappa shape index (κ3) is 4.23. The minimum atomic E-state index is -0.821. The summed E-state index contributed by atoms with van der Waals surface area (Å²) in [5, 5.41) is 33.5. The van der Waals surface area contributed by atoms with Crippen LogP contribution in [0.5, 0.6) is 0 Å². The molecule has 0 radical (unpaired) electrons. The van der Waals surface area contributed by atoms with Crippen LogP contribution in [0.1, 0.15) is 61.3 Å². The van der Waals surface area contributed by atoms with Gasteiger partial charge in [0.15, 0.2) is 0 Å². The van der Waals surface area contributed by atoms with Crippen molar-refractivity contribution in [1.29, 1.82) is 0 Å². The Labute approximate surface area is 230 Å². The summed E-state index contributed by atoms with van der Waals surface area (Å²) < 4.78 is 12.0. The molecule has 4 bridgehead atoms. The zero-order valence-corrected chi connectivity index (χ0v) is 22.7. The fourth-order valence-corrected chi connectivity index (χ4v) is 7.87. The zero-order valence-electron chi connectivity index (χ0n) is 22.7. The van der Waals surface area contributed by atoms with Crippen LogP contribution < -0.4 is 0 Å². The number of hydrogen-bond donors (Lipinski definition) is 1. The van der Waals surface area contributed by atoms with Crippen LogP contribution in [0, 0.1) is 54.7 Å². The molecule has 212 valence electrons. The number of aliphatic hydroxyl groups excluding tert-OH is 1. The van der Waals surface area contributed by atoms with E-state index in [1.54, 1.807) is 0 Å². The van der Waals surface area contributed by atoms with Gasteiger partial charge in [0, 0.05) is 47.4 Å². The molecule has 11 heteroatoms. The molecule has 5 aliphatic carbocycles. The zero-order chi connectivity index (χ0) is 29.1. The van der Waals surface area contributed by atoms with Gasteiger partial charge in [-0.25, -0.2) is 9.59 Å². The van der Waals surface area contributed by atoms with Crippen LogP contribution in [0.15, 0.2) is 48.5 Å². The van der Waals surface area contributed by atoms with E-state index in [0.29, 0.717) is 6.42 Å². The lowest BCUT2D eigenvalue weighted by molar-refractivity contribution is -0.385. The van der Waals surface area contributed by atoms with Gasteiger partial charge in [-0.1, -0.05) is 27.7 Å². The Morgan fingerprint density at radius 3 is 1.75 bits per heavy atom. The number of nitro benzene ring substituents is 2. The van der Waals surface area contributed by atoms with Crippen molar-refractivity contribution in [3.63, 3.8) is 0 Å². The predicted molar refractivity (Wildman–Crippen MR) is 141 cm³/mol. The Bertz CT molecular complexity index is 1360. The van der Waals surface area contributed by atoms with E-state index in [4.69, 9.17) is 9.47 Å². The summed E-state index contributed by atoms with van der Waals surface area (Å²) in [5.41, 5.74) is -0.997. The second-order valence-corrected chi connectivity index (χ2v) is 12.2. The van der Waals surface area contributed by atoms with Crippen molar-refractivity contribution in [2.75, 3.05) is 0 Å². The SMILES string of the molecule is C[C@H]1C[C@@H](OC(=O)c2ccc([N+](=O)[O-])cc2)[C@@H]2[C@@H]3[C@H]1[C@@]2(C)[C@H](O)C[C@@H](OC(=O)c1ccc([N+](=O)[O-])cc1)C3(C)C. The van der Waals surface area contributed by atoms with Gasteiger partial charge < -0.3 is 14.6 Å². The average molecular weight is 553 g/mol. The van der Waals surface area contributed by atoms with Gasteiger partial charge in [-0.3, -0.25) is 20.2 Å². The van der Waals surface area contributed by atoms with Crippen LogP contribution in [0.2, 0.25) is 0 Å². The molecule has 2 aromatic carbocycles. The van der Waals surface area contributed by atoms with E-state index in [-0.39, 0.29) is 52.6 Å². The van der Waals surface area contributed by atoms with Gasteiger partial charge in [0.25, 0.3) is 11.4 Å². The summed E-state index contributed by atoms with van der Waals surface area (Å²) in [4.78, 5) is 47.0. The summed E-state index contributed by atoms with van der Waals surface area (Å²) in [5.74, 6) is -1.14. The Kier molecular flexibility index (Phi) is 6.68. The molecule has 8 atom stereocenters. The second-order valence-electron chi connectivity index (χ2n) is 12.2. The number of rotatable bonds is 6. The summed E-state index contributed by atoms with van der Waals surface area (Å²) >= 11 is 0. The van der Waals surface area contributed by atoms with E-state index in [9.17, 15) is 34.9 Å². The van der Waals surface area contributed by atoms with Gasteiger partial charge in [0.1, 0.15) is 12.2 Å². The molecule has 7 rings (SSSR count). The third-order valence-electron chi connectivity index (χ3n) is 9.81. The molecule has 2 aromatic rings. The molecule has 40 heavy (non-hydrogen) atoms. The van der Waals surface area contributed by atoms with E-state index in [1.807, 2.05) is 20.8 Å². The van der Waals surface area contributed by atoms with E-state index in [0.717, 1.165) is 0 Å². The van der Waals surface area contributed by atoms with E-state index < -0.39 is 50.9 Å². The minimum Gasteiger partial charge on any atom is -0.458 e. The number of fused-ring (bicyclic) bond motifs is 5. The standard InChI is InChI=1S/C29H32N2O9/c1-15-13-20(39-26(33)16-5-9-18(10-6-16)30(35)36)24-25-23(15)29(24,4)21(32)14-22(28(25,2)3)40-27(34)17-7-11-19(12-8-17)31(37)38/h5-12,15,20-25,32H,13-14H2,1-4H3/t15-,20+,21+,22+,23-,24+,25-,29+/m0/s1. The Morgan fingerprint density at radius 2 is 1.27 bits per heavy atom. The number of nitro groups is 2. The second kappa shape index (κ2) is 9.65. The van der Waals surface area contributed by atoms with Crippen molar-refractivity contribution in [3.05, 3.63) is 79.9 Å². The summed E-state index contributed by atoms with van der Waals surface area (Å²) in [6.07, 6.45) is -1.12. The fraction of sp³-hybridized carbons (Fsp3) is 0.517. The summed E-state index contributed by atoms with van der Waals surface area (Å²) in [6.45, 7) is 8.12. The van der Waals surface area contributed by atoms with Crippen LogP contribution in [-0.4, -0.2) is 45.2 Å². The first kappa shape index (κ1) is 27.7. The minimum absolute atomic E-state index is 0.0114. The van der Waals surface area contributed by atoms with Gasteiger partial charge in [-0.05, 0) is 48.4 Å². The number of carbonyl (C=O) groups excluding carboxylic acids is 2. The molecular weight excluding hydrogens is 520 g/mol. The first-order valence-corrected chi connectivity index (χ1v) is 13.4. The largest absolute Gasteiger partial charge is 0.458 e. The third-order valence-corrected chi connectivity index (χ3v) is 9.81. The average Bonchev–Trinajstić information content (AvgIpc) is 3.00. The highest BCUT2D eigenvalue weighted by molar-refractivity contribution is 5.90. The number of esters is 2. The number of benzene rings is 2. The number of non-ortho nitro benzene ring substituents is 2. The first-order valence-electron chi connectivity index (χ1n) is 13.4. The molecule has 0 unspecified atom stereocenters. The van der Waals surface area contributed by atoms with Crippen LogP contribution in [-0.2, 0) is 9.47 Å². The maximum absolute atomic E-state index is 13.1. The molecule has 1 N–H and O–H groups in total. The number of aliphatic hydroxyl groups is 1. The lowest BCUT2D eigenvalue weighted by Crippen LogP contribution is -2.71. The maximum atomic E-state index is 13.1. The van der Waals surface area contributed by atoms with Gasteiger partial charge in [-0.15, -0.1) is 0 Å². The predicted octanol–water partition coefficient (Wildman–Crippen LogP) is 4.95. The van der Waals surface area contributed by atoms with Crippen LogP contribution in [0.25, 0.3) is 0 Å². The molecule has 0 saturated heterocycles. The highest BCUT2D eigenvalue weighted by Gasteiger charge is 2.75. The van der Waals surface area contributed by atoms with Crippen LogP contribution >= 0.6 is 0 Å². The molecule has 0 amide bonds. The number of nitrogens with zero attached hydrogens (tertiary/aromatic N) is 2. The maximum Gasteiger partial charge on any atom is 0.338 e. The highest BCUT2D eigenvalue weighted by Crippen LogP contribution is 2.74. The monoisotopic (exact) mass is 552 g/mol. The van der Waals surface area contributed by atoms with Crippen molar-refractivity contribution in [2.24, 2.45) is 34.5 Å². The summed E-state index contributed by atoms with van der Waals surface area (Å²) in [7, 11) is 0. The van der Waals surface area contributed by atoms with Gasteiger partial charge in [-0.2, -0.15) is 0 Å². The number of hydrogen-bond acceptors (Lipinski definition) is 9. The van der Waals surface area contributed by atoms with Gasteiger partial charge in [0.05, 0.1) is 27.1 Å². The first-order chi connectivity index (χ1) is 18.8. The molecule has 0 heterocycles. The molecular formula is C29H32N2O9. The smallest absolute Gasteiger partial charge is 0.338 e. The normalized spacial score (nSPS) is 33.6. The molecule has 5 fully saturated rings. The van der Waals surface area contributed by atoms with E-state index >= 15 is 0 Å². The van der Waals surface area contributed by atoms with Crippen molar-refractivity contribution in [1.82, 2.24) is 0 Å². The van der Waals surface area contributed by atoms with Gasteiger partial charge in [0.2, 0.25) is 0 Å². The fourth-order valence-electron chi connectivity index (χ4n) is 7.87. The Hall–Kier alpha value is -3.86.